The number of hydrogen-bond donors (Lipinski definition) is 1. The number of carbonyl (C=O) groups is 2. The largest absolute Gasteiger partial charge is 0.395 e. The number of fused-ring (bicyclic) bond motifs is 1. The third kappa shape index (κ3) is 3.47. The summed E-state index contributed by atoms with van der Waals surface area (Å²) >= 11 is 1.47. The Labute approximate surface area is 188 Å². The van der Waals surface area contributed by atoms with Crippen LogP contribution in [0.5, 0.6) is 0 Å². The first-order chi connectivity index (χ1) is 15.7. The first kappa shape index (κ1) is 20.1. The Morgan fingerprint density at radius 1 is 0.844 bits per heavy atom. The van der Waals surface area contributed by atoms with Crippen molar-refractivity contribution in [3.05, 3.63) is 100 Å². The number of nitrogens with zero attached hydrogens (tertiary/aromatic N) is 3. The van der Waals surface area contributed by atoms with E-state index in [1.807, 2.05) is 58.5 Å². The minimum Gasteiger partial charge on any atom is -0.395 e. The molecule has 158 valence electrons. The highest BCUT2D eigenvalue weighted by Gasteiger charge is 2.36. The molecule has 6 nitrogen and oxygen atoms in total. The molecule has 2 heterocycles. The molecule has 1 N–H and O–H groups in total. The van der Waals surface area contributed by atoms with Crippen LogP contribution in [0.15, 0.2) is 89.2 Å². The van der Waals surface area contributed by atoms with E-state index in [2.05, 4.69) is 0 Å². The predicted molar refractivity (Wildman–Crippen MR) is 124 cm³/mol. The molecule has 0 radical (unpaired) electrons. The maximum absolute atomic E-state index is 12.9. The summed E-state index contributed by atoms with van der Waals surface area (Å²) in [5.74, 6) is -0.646. The average molecular weight is 442 g/mol. The van der Waals surface area contributed by atoms with Gasteiger partial charge in [0.1, 0.15) is 0 Å². The second kappa shape index (κ2) is 8.37. The van der Waals surface area contributed by atoms with Gasteiger partial charge in [0.15, 0.2) is 4.80 Å². The molecule has 0 bridgehead atoms. The van der Waals surface area contributed by atoms with Gasteiger partial charge in [-0.15, -0.1) is 11.3 Å². The molecule has 5 rings (SSSR count). The fourth-order valence-corrected chi connectivity index (χ4v) is 4.76. The third-order valence-corrected chi connectivity index (χ3v) is 6.16. The second-order valence-electron chi connectivity index (χ2n) is 7.27. The molecule has 0 aliphatic carbocycles. The highest BCUT2D eigenvalue weighted by Crippen LogP contribution is 2.31. The minimum atomic E-state index is -0.323. The van der Waals surface area contributed by atoms with E-state index in [0.717, 1.165) is 21.7 Å². The third-order valence-electron chi connectivity index (χ3n) is 5.30. The Bertz CT molecular complexity index is 1350. The highest BCUT2D eigenvalue weighted by molar-refractivity contribution is 7.07. The van der Waals surface area contributed by atoms with Crippen LogP contribution in [0.25, 0.3) is 11.3 Å². The molecule has 0 saturated carbocycles. The van der Waals surface area contributed by atoms with Crippen molar-refractivity contribution in [3.8, 4) is 11.3 Å². The lowest BCUT2D eigenvalue weighted by Crippen LogP contribution is -2.29. The number of amides is 2. The van der Waals surface area contributed by atoms with E-state index in [4.69, 9.17) is 4.99 Å². The summed E-state index contributed by atoms with van der Waals surface area (Å²) in [4.78, 5) is 32.5. The molecule has 1 aromatic heterocycles. The normalized spacial score (nSPS) is 13.7. The van der Waals surface area contributed by atoms with Crippen LogP contribution in [-0.4, -0.2) is 28.1 Å². The molecule has 1 aliphatic rings. The Kier molecular flexibility index (Phi) is 5.26. The summed E-state index contributed by atoms with van der Waals surface area (Å²) in [5, 5.41) is 11.6. The molecule has 0 fully saturated rings. The summed E-state index contributed by atoms with van der Waals surface area (Å²) in [6.45, 7) is 0.339. The fourth-order valence-electron chi connectivity index (χ4n) is 3.81. The Morgan fingerprint density at radius 2 is 1.53 bits per heavy atom. The summed E-state index contributed by atoms with van der Waals surface area (Å²) in [6, 6.07) is 23.8. The van der Waals surface area contributed by atoms with Crippen LogP contribution in [0.1, 0.15) is 20.7 Å². The summed E-state index contributed by atoms with van der Waals surface area (Å²) in [5.41, 5.74) is 3.86. The molecular weight excluding hydrogens is 422 g/mol. The number of benzene rings is 3. The molecular formula is C25H19N3O3S. The van der Waals surface area contributed by atoms with Crippen LogP contribution in [0.4, 0.5) is 11.4 Å². The van der Waals surface area contributed by atoms with Crippen molar-refractivity contribution in [1.82, 2.24) is 4.57 Å². The van der Waals surface area contributed by atoms with E-state index in [0.29, 0.717) is 23.4 Å². The zero-order valence-electron chi connectivity index (χ0n) is 17.0. The zero-order valence-corrected chi connectivity index (χ0v) is 17.8. The number of hydrogen-bond acceptors (Lipinski definition) is 5. The Hall–Kier alpha value is -3.81. The van der Waals surface area contributed by atoms with Gasteiger partial charge in [-0.3, -0.25) is 9.59 Å². The first-order valence-corrected chi connectivity index (χ1v) is 11.0. The van der Waals surface area contributed by atoms with E-state index in [9.17, 15) is 14.7 Å². The Morgan fingerprint density at radius 3 is 2.22 bits per heavy atom. The van der Waals surface area contributed by atoms with Crippen molar-refractivity contribution in [1.29, 1.82) is 0 Å². The molecule has 0 atom stereocenters. The molecule has 2 amide bonds. The van der Waals surface area contributed by atoms with E-state index < -0.39 is 0 Å². The molecule has 0 spiro atoms. The lowest BCUT2D eigenvalue weighted by Gasteiger charge is -2.15. The number of para-hydroxylation sites is 1. The molecule has 4 aromatic rings. The van der Waals surface area contributed by atoms with Crippen LogP contribution >= 0.6 is 11.3 Å². The maximum Gasteiger partial charge on any atom is 0.266 e. The van der Waals surface area contributed by atoms with Crippen LogP contribution in [-0.2, 0) is 6.54 Å². The van der Waals surface area contributed by atoms with E-state index in [1.165, 1.54) is 16.2 Å². The van der Waals surface area contributed by atoms with Gasteiger partial charge in [0.2, 0.25) is 0 Å². The van der Waals surface area contributed by atoms with Gasteiger partial charge in [0, 0.05) is 17.5 Å². The lowest BCUT2D eigenvalue weighted by atomic mass is 10.1. The highest BCUT2D eigenvalue weighted by atomic mass is 32.1. The number of aromatic nitrogens is 1. The summed E-state index contributed by atoms with van der Waals surface area (Å²) < 4.78 is 1.94. The second-order valence-corrected chi connectivity index (χ2v) is 8.10. The SMILES string of the molecule is O=C1c2ccccc2C(=O)N1c1cccc(-c2csc(=Nc3ccccc3)n2CCO)c1. The van der Waals surface area contributed by atoms with Crippen molar-refractivity contribution in [2.45, 2.75) is 6.54 Å². The minimum absolute atomic E-state index is 0.0379. The molecule has 32 heavy (non-hydrogen) atoms. The number of aliphatic hydroxyl groups is 1. The number of aliphatic hydroxyl groups excluding tert-OH is 1. The molecule has 3 aromatic carbocycles. The van der Waals surface area contributed by atoms with Crippen LogP contribution in [0, 0.1) is 0 Å². The number of rotatable bonds is 5. The van der Waals surface area contributed by atoms with Crippen molar-refractivity contribution in [2.75, 3.05) is 11.5 Å². The van der Waals surface area contributed by atoms with Crippen LogP contribution in [0.2, 0.25) is 0 Å². The van der Waals surface area contributed by atoms with Crippen molar-refractivity contribution in [2.24, 2.45) is 4.99 Å². The van der Waals surface area contributed by atoms with Crippen molar-refractivity contribution >= 4 is 34.5 Å². The molecule has 1 aliphatic heterocycles. The van der Waals surface area contributed by atoms with Crippen molar-refractivity contribution in [3.63, 3.8) is 0 Å². The topological polar surface area (TPSA) is 74.9 Å². The van der Waals surface area contributed by atoms with Gasteiger partial charge in [0.25, 0.3) is 11.8 Å². The van der Waals surface area contributed by atoms with Gasteiger partial charge < -0.3 is 9.67 Å². The fraction of sp³-hybridized carbons (Fsp3) is 0.0800. The van der Waals surface area contributed by atoms with Crippen molar-refractivity contribution < 1.29 is 14.7 Å². The number of imide groups is 1. The van der Waals surface area contributed by atoms with Gasteiger partial charge in [-0.05, 0) is 36.4 Å². The van der Waals surface area contributed by atoms with E-state index >= 15 is 0 Å². The lowest BCUT2D eigenvalue weighted by molar-refractivity contribution is 0.0926. The number of thiazole rings is 1. The first-order valence-electron chi connectivity index (χ1n) is 10.1. The maximum atomic E-state index is 12.9. The molecule has 7 heteroatoms. The standard InChI is InChI=1S/C25H19N3O3S/c29-14-13-27-22(16-32-25(27)26-18-8-2-1-3-9-18)17-7-6-10-19(15-17)28-23(30)20-11-4-5-12-21(20)24(28)31/h1-12,15-16,29H,13-14H2. The van der Waals surface area contributed by atoms with Crippen LogP contribution in [0.3, 0.4) is 0 Å². The summed E-state index contributed by atoms with van der Waals surface area (Å²) in [6.07, 6.45) is 0. The quantitative estimate of drug-likeness (QED) is 0.471. The average Bonchev–Trinajstić information content (AvgIpc) is 3.33. The smallest absolute Gasteiger partial charge is 0.266 e. The van der Waals surface area contributed by atoms with Crippen LogP contribution < -0.4 is 9.70 Å². The Balaban J connectivity index is 1.57. The zero-order chi connectivity index (χ0) is 22.1. The summed E-state index contributed by atoms with van der Waals surface area (Å²) in [7, 11) is 0. The molecule has 0 saturated heterocycles. The van der Waals surface area contributed by atoms with Gasteiger partial charge in [-0.25, -0.2) is 9.89 Å². The number of anilines is 1. The predicted octanol–water partition coefficient (Wildman–Crippen LogP) is 4.24. The van der Waals surface area contributed by atoms with Gasteiger partial charge in [0.05, 0.1) is 34.8 Å². The van der Waals surface area contributed by atoms with E-state index in [1.54, 1.807) is 30.3 Å². The number of carbonyl (C=O) groups excluding carboxylic acids is 2. The van der Waals surface area contributed by atoms with Gasteiger partial charge in [-0.1, -0.05) is 42.5 Å². The monoisotopic (exact) mass is 441 g/mol. The molecule has 0 unspecified atom stereocenters. The van der Waals surface area contributed by atoms with E-state index in [-0.39, 0.29) is 18.4 Å². The van der Waals surface area contributed by atoms with Gasteiger partial charge >= 0.3 is 0 Å². The van der Waals surface area contributed by atoms with Gasteiger partial charge in [-0.2, -0.15) is 0 Å².